The van der Waals surface area contributed by atoms with Crippen LogP contribution in [0.15, 0.2) is 70.2 Å². The first-order valence-electron chi connectivity index (χ1n) is 11.9. The van der Waals surface area contributed by atoms with Gasteiger partial charge in [-0.2, -0.15) is 0 Å². The number of aliphatic imine (C=N–C) groups is 2. The summed E-state index contributed by atoms with van der Waals surface area (Å²) in [4.78, 5) is 47.0. The van der Waals surface area contributed by atoms with Crippen LogP contribution in [0, 0.1) is 0 Å². The van der Waals surface area contributed by atoms with E-state index in [0.29, 0.717) is 46.2 Å². The van der Waals surface area contributed by atoms with Crippen molar-refractivity contribution in [3.8, 4) is 0 Å². The number of nitrogens with zero attached hydrogens (tertiary/aromatic N) is 6. The first-order chi connectivity index (χ1) is 17.6. The number of pyridine rings is 2. The van der Waals surface area contributed by atoms with Gasteiger partial charge in [-0.15, -0.1) is 0 Å². The maximum absolute atomic E-state index is 12.9. The minimum Gasteiger partial charge on any atom is -0.286 e. The third-order valence-electron chi connectivity index (χ3n) is 5.21. The van der Waals surface area contributed by atoms with Gasteiger partial charge >= 0.3 is 0 Å². The molecule has 2 aliphatic heterocycles. The van der Waals surface area contributed by atoms with Crippen molar-refractivity contribution in [3.05, 3.63) is 71.6 Å². The van der Waals surface area contributed by atoms with E-state index < -0.39 is 0 Å². The minimum atomic E-state index is -0.0955. The number of hydrogen-bond acceptors (Lipinski definition) is 8. The number of amidine groups is 2. The van der Waals surface area contributed by atoms with Crippen LogP contribution in [-0.2, 0) is 9.59 Å². The Bertz CT molecular complexity index is 1120. The molecule has 0 radical (unpaired) electrons. The van der Waals surface area contributed by atoms with Crippen molar-refractivity contribution < 1.29 is 9.59 Å². The van der Waals surface area contributed by atoms with Gasteiger partial charge in [-0.3, -0.25) is 29.4 Å². The van der Waals surface area contributed by atoms with Crippen LogP contribution in [0.25, 0.3) is 12.2 Å². The van der Waals surface area contributed by atoms with E-state index in [1.165, 1.54) is 0 Å². The van der Waals surface area contributed by atoms with Gasteiger partial charge in [-0.05, 0) is 49.3 Å². The van der Waals surface area contributed by atoms with Crippen LogP contribution in [-0.4, -0.2) is 66.5 Å². The highest BCUT2D eigenvalue weighted by Crippen LogP contribution is 2.27. The van der Waals surface area contributed by atoms with Gasteiger partial charge in [0, 0.05) is 37.0 Å². The van der Waals surface area contributed by atoms with E-state index in [4.69, 9.17) is 0 Å². The van der Waals surface area contributed by atoms with Crippen molar-refractivity contribution in [1.82, 2.24) is 19.8 Å². The van der Waals surface area contributed by atoms with Crippen molar-refractivity contribution in [2.24, 2.45) is 9.98 Å². The van der Waals surface area contributed by atoms with Gasteiger partial charge in [0.25, 0.3) is 11.8 Å². The average Bonchev–Trinajstić information content (AvgIpc) is 3.34. The predicted octanol–water partition coefficient (Wildman–Crippen LogP) is 4.54. The van der Waals surface area contributed by atoms with Gasteiger partial charge in [-0.25, -0.2) is 9.98 Å². The van der Waals surface area contributed by atoms with Crippen molar-refractivity contribution in [3.63, 3.8) is 0 Å². The summed E-state index contributed by atoms with van der Waals surface area (Å²) in [7, 11) is 0. The quantitative estimate of drug-likeness (QED) is 0.356. The van der Waals surface area contributed by atoms with E-state index in [1.807, 2.05) is 50.2 Å². The van der Waals surface area contributed by atoms with Crippen LogP contribution in [0.2, 0.25) is 0 Å². The highest BCUT2D eigenvalue weighted by Gasteiger charge is 2.31. The zero-order chi connectivity index (χ0) is 25.3. The Kier molecular flexibility index (Phi) is 9.07. The van der Waals surface area contributed by atoms with Crippen LogP contribution >= 0.6 is 23.5 Å². The Morgan fingerprint density at radius 2 is 1.17 bits per heavy atom. The summed E-state index contributed by atoms with van der Waals surface area (Å²) in [5.74, 6) is 1.25. The zero-order valence-corrected chi connectivity index (χ0v) is 22.0. The first-order valence-corrected chi connectivity index (χ1v) is 13.9. The lowest BCUT2D eigenvalue weighted by molar-refractivity contribution is -0.123. The summed E-state index contributed by atoms with van der Waals surface area (Å²) in [6, 6.07) is 11.1. The predicted molar refractivity (Wildman–Crippen MR) is 148 cm³/mol. The van der Waals surface area contributed by atoms with Crippen LogP contribution in [0.3, 0.4) is 0 Å². The van der Waals surface area contributed by atoms with E-state index in [1.54, 1.807) is 57.9 Å². The van der Waals surface area contributed by atoms with Crippen LogP contribution in [0.1, 0.15) is 38.1 Å². The Hall–Kier alpha value is -3.24. The number of carbonyl (C=O) groups is 2. The maximum Gasteiger partial charge on any atom is 0.278 e. The lowest BCUT2D eigenvalue weighted by Crippen LogP contribution is -2.32. The van der Waals surface area contributed by atoms with Gasteiger partial charge < -0.3 is 0 Å². The molecule has 186 valence electrons. The molecule has 0 saturated carbocycles. The lowest BCUT2D eigenvalue weighted by Gasteiger charge is -2.17. The molecule has 36 heavy (non-hydrogen) atoms. The number of hydrogen-bond donors (Lipinski definition) is 0. The Balaban J connectivity index is 1.41. The average molecular weight is 521 g/mol. The van der Waals surface area contributed by atoms with Crippen LogP contribution < -0.4 is 0 Å². The molecule has 0 unspecified atom stereocenters. The SMILES string of the molecule is CCCN1C(=O)C(=Cc2ccccn2)N=C1SCCSC1=NC(=Cc2ccccn2)C(=O)N1CCC. The monoisotopic (exact) mass is 520 g/mol. The molecule has 0 aliphatic carbocycles. The molecule has 2 aromatic heterocycles. The molecule has 4 heterocycles. The standard InChI is InChI=1S/C26H28N6O2S2/c1-3-13-31-23(33)21(17-19-9-5-7-11-27-19)29-25(31)35-15-16-36-26-30-22(24(34)32(26)14-4-2)18-20-10-6-8-12-28-20/h5-12,17-18H,3-4,13-16H2,1-2H3. The summed E-state index contributed by atoms with van der Waals surface area (Å²) in [5, 5.41) is 1.41. The second kappa shape index (κ2) is 12.6. The van der Waals surface area contributed by atoms with Crippen LogP contribution in [0.5, 0.6) is 0 Å². The molecule has 0 fully saturated rings. The Labute approximate surface area is 219 Å². The van der Waals surface area contributed by atoms with Crippen molar-refractivity contribution in [1.29, 1.82) is 0 Å². The second-order valence-electron chi connectivity index (χ2n) is 7.97. The molecule has 10 heteroatoms. The first kappa shape index (κ1) is 25.8. The third-order valence-corrected chi connectivity index (χ3v) is 7.42. The molecule has 0 N–H and O–H groups in total. The number of carbonyl (C=O) groups excluding carboxylic acids is 2. The number of aromatic nitrogens is 2. The summed E-state index contributed by atoms with van der Waals surface area (Å²) >= 11 is 3.08. The fourth-order valence-electron chi connectivity index (χ4n) is 3.59. The molecule has 2 amide bonds. The summed E-state index contributed by atoms with van der Waals surface area (Å²) < 4.78 is 0. The Morgan fingerprint density at radius 3 is 1.53 bits per heavy atom. The normalized spacial score (nSPS) is 17.9. The molecule has 0 saturated heterocycles. The molecule has 0 spiro atoms. The smallest absolute Gasteiger partial charge is 0.278 e. The largest absolute Gasteiger partial charge is 0.286 e. The molecule has 0 atom stereocenters. The van der Waals surface area contributed by atoms with Crippen LogP contribution in [0.4, 0.5) is 0 Å². The van der Waals surface area contributed by atoms with E-state index in [2.05, 4.69) is 20.0 Å². The number of amides is 2. The molecule has 2 aliphatic rings. The van der Waals surface area contributed by atoms with E-state index in [-0.39, 0.29) is 11.8 Å². The van der Waals surface area contributed by atoms with Crippen molar-refractivity contribution >= 4 is 57.8 Å². The van der Waals surface area contributed by atoms with Gasteiger partial charge in [0.05, 0.1) is 11.4 Å². The zero-order valence-electron chi connectivity index (χ0n) is 20.3. The minimum absolute atomic E-state index is 0.0955. The molecule has 2 aromatic rings. The van der Waals surface area contributed by atoms with Gasteiger partial charge in [0.2, 0.25) is 0 Å². The fraction of sp³-hybridized carbons (Fsp3) is 0.308. The van der Waals surface area contributed by atoms with Crippen molar-refractivity contribution in [2.75, 3.05) is 24.6 Å². The summed E-state index contributed by atoms with van der Waals surface area (Å²) in [6.07, 6.45) is 8.53. The Morgan fingerprint density at radius 1 is 0.722 bits per heavy atom. The molecule has 4 rings (SSSR count). The number of rotatable bonds is 9. The molecular formula is C26H28N6O2S2. The second-order valence-corrected chi connectivity index (χ2v) is 10.1. The molecule has 0 bridgehead atoms. The van der Waals surface area contributed by atoms with Gasteiger partial charge in [0.1, 0.15) is 11.4 Å². The fourth-order valence-corrected chi connectivity index (χ4v) is 5.61. The maximum atomic E-state index is 12.9. The lowest BCUT2D eigenvalue weighted by atomic mass is 10.3. The summed E-state index contributed by atoms with van der Waals surface area (Å²) in [5.41, 5.74) is 2.22. The number of thioether (sulfide) groups is 2. The molecule has 0 aromatic carbocycles. The molecular weight excluding hydrogens is 492 g/mol. The van der Waals surface area contributed by atoms with Gasteiger partial charge in [0.15, 0.2) is 10.3 Å². The summed E-state index contributed by atoms with van der Waals surface area (Å²) in [6.45, 7) is 5.31. The highest BCUT2D eigenvalue weighted by atomic mass is 32.2. The van der Waals surface area contributed by atoms with E-state index in [0.717, 1.165) is 24.3 Å². The van der Waals surface area contributed by atoms with Gasteiger partial charge in [-0.1, -0.05) is 49.5 Å². The van der Waals surface area contributed by atoms with Crippen molar-refractivity contribution in [2.45, 2.75) is 26.7 Å². The third kappa shape index (κ3) is 6.30. The topological polar surface area (TPSA) is 91.1 Å². The van der Waals surface area contributed by atoms with E-state index in [9.17, 15) is 9.59 Å². The molecule has 8 nitrogen and oxygen atoms in total. The highest BCUT2D eigenvalue weighted by molar-refractivity contribution is 8.17. The van der Waals surface area contributed by atoms with E-state index >= 15 is 0 Å².